The van der Waals surface area contributed by atoms with Crippen LogP contribution in [0.2, 0.25) is 0 Å². The average molecular weight is 208 g/mol. The van der Waals surface area contributed by atoms with E-state index in [1.165, 1.54) is 0 Å². The van der Waals surface area contributed by atoms with Crippen LogP contribution in [0.25, 0.3) is 0 Å². The van der Waals surface area contributed by atoms with E-state index in [4.69, 9.17) is 15.3 Å². The van der Waals surface area contributed by atoms with Crippen LogP contribution in [0, 0.1) is 0 Å². The molecule has 1 aliphatic rings. The third kappa shape index (κ3) is 1.86. The van der Waals surface area contributed by atoms with Crippen molar-refractivity contribution in [1.82, 2.24) is 0 Å². The monoisotopic (exact) mass is 208 g/mol. The zero-order valence-electron chi connectivity index (χ0n) is 7.15. The number of cyclic esters (lactones) is 1. The van der Waals surface area contributed by atoms with Crippen LogP contribution >= 0.6 is 0 Å². The molecule has 5 atom stereocenters. The molecule has 0 aliphatic carbocycles. The van der Waals surface area contributed by atoms with Crippen molar-refractivity contribution in [2.24, 2.45) is 0 Å². The summed E-state index contributed by atoms with van der Waals surface area (Å²) in [5.41, 5.74) is 0. The maximum Gasteiger partial charge on any atom is 0.338 e. The van der Waals surface area contributed by atoms with Crippen molar-refractivity contribution in [2.45, 2.75) is 30.5 Å². The van der Waals surface area contributed by atoms with Crippen molar-refractivity contribution < 1.29 is 35.1 Å². The Morgan fingerprint density at radius 1 is 1.36 bits per heavy atom. The summed E-state index contributed by atoms with van der Waals surface area (Å²) in [6, 6.07) is 0. The summed E-state index contributed by atoms with van der Waals surface area (Å²) in [7, 11) is 0. The molecule has 0 bridgehead atoms. The van der Waals surface area contributed by atoms with Gasteiger partial charge in [0.2, 0.25) is 0 Å². The summed E-state index contributed by atoms with van der Waals surface area (Å²) < 4.78 is 4.41. The molecule has 1 aliphatic heterocycles. The highest BCUT2D eigenvalue weighted by molar-refractivity contribution is 5.77. The number of hydrogen-bond donors (Lipinski definition) is 5. The number of carbonyl (C=O) groups is 1. The molecular weight excluding hydrogens is 196 g/mol. The summed E-state index contributed by atoms with van der Waals surface area (Å²) in [5, 5.41) is 44.9. The minimum atomic E-state index is -1.72. The van der Waals surface area contributed by atoms with Gasteiger partial charge in [-0.3, -0.25) is 0 Å². The minimum Gasteiger partial charge on any atom is -0.455 e. The maximum atomic E-state index is 10.7. The Morgan fingerprint density at radius 3 is 2.29 bits per heavy atom. The van der Waals surface area contributed by atoms with Gasteiger partial charge in [0.15, 0.2) is 12.2 Å². The Bertz CT molecular complexity index is 218. The molecule has 14 heavy (non-hydrogen) atoms. The van der Waals surface area contributed by atoms with Gasteiger partial charge in [0.1, 0.15) is 18.3 Å². The average Bonchev–Trinajstić information content (AvgIpc) is 2.43. The van der Waals surface area contributed by atoms with Gasteiger partial charge in [0.05, 0.1) is 6.61 Å². The van der Waals surface area contributed by atoms with Crippen LogP contribution in [-0.2, 0) is 9.53 Å². The predicted octanol–water partition coefficient (Wildman–Crippen LogP) is -3.65. The first-order valence-electron chi connectivity index (χ1n) is 4.02. The van der Waals surface area contributed by atoms with Gasteiger partial charge in [-0.2, -0.15) is 0 Å². The van der Waals surface area contributed by atoms with E-state index in [1.54, 1.807) is 0 Å². The highest BCUT2D eigenvalue weighted by atomic mass is 16.6. The lowest BCUT2D eigenvalue weighted by molar-refractivity contribution is -0.155. The summed E-state index contributed by atoms with van der Waals surface area (Å²) in [4.78, 5) is 10.7. The van der Waals surface area contributed by atoms with Crippen LogP contribution in [0.15, 0.2) is 0 Å². The quantitative estimate of drug-likeness (QED) is 0.302. The van der Waals surface area contributed by atoms with Crippen molar-refractivity contribution in [1.29, 1.82) is 0 Å². The molecule has 0 saturated carbocycles. The predicted molar refractivity (Wildman–Crippen MR) is 41.0 cm³/mol. The molecule has 0 aromatic carbocycles. The highest BCUT2D eigenvalue weighted by Gasteiger charge is 2.47. The van der Waals surface area contributed by atoms with E-state index in [0.717, 1.165) is 0 Å². The number of carbonyl (C=O) groups excluding carboxylic acids is 1. The summed E-state index contributed by atoms with van der Waals surface area (Å²) in [6.07, 6.45) is -7.90. The fourth-order valence-corrected chi connectivity index (χ4v) is 1.19. The van der Waals surface area contributed by atoms with Crippen molar-refractivity contribution in [3.63, 3.8) is 0 Å². The number of rotatable bonds is 3. The SMILES string of the molecule is O=C1O[C@@H](C(O)C(O)CO)C(O)C1O. The molecule has 1 rings (SSSR count). The van der Waals surface area contributed by atoms with Gasteiger partial charge >= 0.3 is 5.97 Å². The van der Waals surface area contributed by atoms with E-state index in [9.17, 15) is 15.0 Å². The second-order valence-corrected chi connectivity index (χ2v) is 3.08. The molecule has 1 fully saturated rings. The Balaban J connectivity index is 2.66. The van der Waals surface area contributed by atoms with Gasteiger partial charge in [0.25, 0.3) is 0 Å². The van der Waals surface area contributed by atoms with Gasteiger partial charge in [-0.1, -0.05) is 0 Å². The second kappa shape index (κ2) is 4.20. The zero-order valence-corrected chi connectivity index (χ0v) is 7.15. The molecule has 1 saturated heterocycles. The summed E-state index contributed by atoms with van der Waals surface area (Å²) in [5.74, 6) is -1.06. The largest absolute Gasteiger partial charge is 0.455 e. The molecular formula is C7H12O7. The van der Waals surface area contributed by atoms with E-state index < -0.39 is 43.1 Å². The number of aliphatic hydroxyl groups excluding tert-OH is 5. The van der Waals surface area contributed by atoms with Crippen molar-refractivity contribution in [3.05, 3.63) is 0 Å². The summed E-state index contributed by atoms with van der Waals surface area (Å²) >= 11 is 0. The van der Waals surface area contributed by atoms with E-state index >= 15 is 0 Å². The van der Waals surface area contributed by atoms with Gasteiger partial charge in [-0.05, 0) is 0 Å². The normalized spacial score (nSPS) is 36.6. The van der Waals surface area contributed by atoms with Crippen LogP contribution < -0.4 is 0 Å². The molecule has 0 aromatic heterocycles. The molecule has 7 nitrogen and oxygen atoms in total. The summed E-state index contributed by atoms with van der Waals surface area (Å²) in [6.45, 7) is -0.738. The second-order valence-electron chi connectivity index (χ2n) is 3.08. The van der Waals surface area contributed by atoms with Crippen molar-refractivity contribution in [2.75, 3.05) is 6.61 Å². The molecule has 82 valence electrons. The van der Waals surface area contributed by atoms with E-state index in [1.807, 2.05) is 0 Å². The van der Waals surface area contributed by atoms with Gasteiger partial charge in [0, 0.05) is 0 Å². The van der Waals surface area contributed by atoms with Crippen molar-refractivity contribution >= 4 is 5.97 Å². The van der Waals surface area contributed by atoms with Gasteiger partial charge in [-0.25, -0.2) is 4.79 Å². The van der Waals surface area contributed by atoms with E-state index in [0.29, 0.717) is 0 Å². The minimum absolute atomic E-state index is 0.738. The zero-order chi connectivity index (χ0) is 10.9. The maximum absolute atomic E-state index is 10.7. The molecule has 7 heteroatoms. The molecule has 0 aromatic rings. The Labute approximate surface area is 79.2 Å². The first-order valence-corrected chi connectivity index (χ1v) is 4.02. The third-order valence-corrected chi connectivity index (χ3v) is 2.07. The smallest absolute Gasteiger partial charge is 0.338 e. The number of ether oxygens (including phenoxy) is 1. The van der Waals surface area contributed by atoms with E-state index in [2.05, 4.69) is 4.74 Å². The van der Waals surface area contributed by atoms with Crippen LogP contribution in [0.4, 0.5) is 0 Å². The lowest BCUT2D eigenvalue weighted by Crippen LogP contribution is -2.46. The molecule has 0 amide bonds. The Morgan fingerprint density at radius 2 is 1.93 bits per heavy atom. The number of hydrogen-bond acceptors (Lipinski definition) is 7. The van der Waals surface area contributed by atoms with Gasteiger partial charge in [-0.15, -0.1) is 0 Å². The van der Waals surface area contributed by atoms with Gasteiger partial charge < -0.3 is 30.3 Å². The molecule has 1 heterocycles. The Kier molecular flexibility index (Phi) is 3.40. The molecule has 0 radical (unpaired) electrons. The fourth-order valence-electron chi connectivity index (χ4n) is 1.19. The van der Waals surface area contributed by atoms with Crippen LogP contribution in [0.3, 0.4) is 0 Å². The fraction of sp³-hybridized carbons (Fsp3) is 0.857. The molecule has 0 spiro atoms. The van der Waals surface area contributed by atoms with E-state index in [-0.39, 0.29) is 0 Å². The van der Waals surface area contributed by atoms with Crippen LogP contribution in [0.5, 0.6) is 0 Å². The van der Waals surface area contributed by atoms with Crippen molar-refractivity contribution in [3.8, 4) is 0 Å². The Hall–Kier alpha value is -0.730. The topological polar surface area (TPSA) is 127 Å². The first kappa shape index (κ1) is 11.3. The number of aliphatic hydroxyl groups is 5. The lowest BCUT2D eigenvalue weighted by Gasteiger charge is -2.23. The molecule has 5 N–H and O–H groups in total. The van der Waals surface area contributed by atoms with Crippen LogP contribution in [0.1, 0.15) is 0 Å². The van der Waals surface area contributed by atoms with Crippen LogP contribution in [-0.4, -0.2) is 68.6 Å². The standard InChI is InChI=1S/C7H12O7/c8-1-2(9)3(10)6-4(11)5(12)7(13)14-6/h2-6,8-12H,1H2/t2?,3?,4?,5?,6-/m0/s1. The lowest BCUT2D eigenvalue weighted by atomic mass is 10.0. The highest BCUT2D eigenvalue weighted by Crippen LogP contribution is 2.20. The third-order valence-electron chi connectivity index (χ3n) is 2.07. The molecule has 4 unspecified atom stereocenters. The number of esters is 1. The first-order chi connectivity index (χ1) is 6.49.